The second-order valence-corrected chi connectivity index (χ2v) is 5.61. The van der Waals surface area contributed by atoms with E-state index < -0.39 is 0 Å². The highest BCUT2D eigenvalue weighted by Crippen LogP contribution is 2.25. The van der Waals surface area contributed by atoms with Crippen molar-refractivity contribution in [2.45, 2.75) is 6.54 Å². The summed E-state index contributed by atoms with van der Waals surface area (Å²) in [5.74, 6) is 0.670. The van der Waals surface area contributed by atoms with Gasteiger partial charge in [-0.05, 0) is 23.8 Å². The summed E-state index contributed by atoms with van der Waals surface area (Å²) in [5, 5.41) is 10.8. The number of benzene rings is 2. The maximum Gasteiger partial charge on any atom is 0.222 e. The Morgan fingerprint density at radius 3 is 2.64 bits per heavy atom. The lowest BCUT2D eigenvalue weighted by molar-refractivity contribution is 0.612. The smallest absolute Gasteiger partial charge is 0.222 e. The van der Waals surface area contributed by atoms with E-state index in [1.54, 1.807) is 30.6 Å². The molecule has 2 aromatic carbocycles. The second kappa shape index (κ2) is 6.20. The molecule has 4 rings (SSSR count). The number of rotatable bonds is 4. The third-order valence-electron chi connectivity index (χ3n) is 3.97. The number of aromatic nitrogens is 4. The quantitative estimate of drug-likeness (QED) is 0.532. The first-order valence-corrected chi connectivity index (χ1v) is 7.74. The molecule has 0 unspecified atom stereocenters. The molecule has 4 N–H and O–H groups in total. The van der Waals surface area contributed by atoms with Crippen molar-refractivity contribution in [2.24, 2.45) is 0 Å². The molecule has 0 radical (unpaired) electrons. The van der Waals surface area contributed by atoms with Gasteiger partial charge < -0.3 is 11.1 Å². The van der Waals surface area contributed by atoms with Gasteiger partial charge in [-0.1, -0.05) is 24.3 Å². The fraction of sp³-hybridized carbons (Fsp3) is 0.0556. The fourth-order valence-electron chi connectivity index (χ4n) is 2.60. The molecule has 0 saturated heterocycles. The third kappa shape index (κ3) is 2.99. The van der Waals surface area contributed by atoms with Crippen molar-refractivity contribution in [3.8, 4) is 11.1 Å². The number of hydrogen-bond acceptors (Lipinski definition) is 5. The summed E-state index contributed by atoms with van der Waals surface area (Å²) in [6.07, 6.45) is 3.44. The van der Waals surface area contributed by atoms with Gasteiger partial charge in [0.1, 0.15) is 5.82 Å². The Bertz CT molecular complexity index is 1030. The predicted octanol–water partition coefficient (Wildman–Crippen LogP) is 3.35. The minimum absolute atomic E-state index is 0.251. The number of anilines is 2. The van der Waals surface area contributed by atoms with Crippen molar-refractivity contribution in [3.63, 3.8) is 0 Å². The molecule has 7 heteroatoms. The molecule has 0 aliphatic heterocycles. The lowest BCUT2D eigenvalue weighted by atomic mass is 10.1. The number of nitrogen functional groups attached to an aromatic ring is 1. The predicted molar refractivity (Wildman–Crippen MR) is 95.3 cm³/mol. The van der Waals surface area contributed by atoms with Gasteiger partial charge in [0.2, 0.25) is 5.95 Å². The van der Waals surface area contributed by atoms with E-state index in [0.29, 0.717) is 23.9 Å². The molecule has 6 nitrogen and oxygen atoms in total. The van der Waals surface area contributed by atoms with Crippen LogP contribution in [0.3, 0.4) is 0 Å². The molecular weight excluding hydrogens is 319 g/mol. The Kier molecular flexibility index (Phi) is 3.74. The van der Waals surface area contributed by atoms with Crippen molar-refractivity contribution in [1.82, 2.24) is 20.2 Å². The molecule has 0 spiro atoms. The molecule has 2 heterocycles. The third-order valence-corrected chi connectivity index (χ3v) is 3.97. The lowest BCUT2D eigenvalue weighted by Gasteiger charge is -2.07. The maximum atomic E-state index is 13.6. The molecule has 0 fully saturated rings. The fourth-order valence-corrected chi connectivity index (χ4v) is 2.60. The zero-order valence-electron chi connectivity index (χ0n) is 13.2. The van der Waals surface area contributed by atoms with E-state index in [4.69, 9.17) is 5.73 Å². The highest BCUT2D eigenvalue weighted by molar-refractivity contribution is 5.91. The van der Waals surface area contributed by atoms with Crippen LogP contribution in [0.5, 0.6) is 0 Å². The minimum atomic E-state index is -0.251. The van der Waals surface area contributed by atoms with Gasteiger partial charge in [-0.3, -0.25) is 5.10 Å². The maximum absolute atomic E-state index is 13.6. The van der Waals surface area contributed by atoms with Crippen molar-refractivity contribution < 1.29 is 4.39 Å². The van der Waals surface area contributed by atoms with Gasteiger partial charge in [-0.25, -0.2) is 14.4 Å². The Morgan fingerprint density at radius 1 is 1.04 bits per heavy atom. The topological polar surface area (TPSA) is 92.5 Å². The largest absolute Gasteiger partial charge is 0.382 e. The second-order valence-electron chi connectivity index (χ2n) is 5.61. The van der Waals surface area contributed by atoms with Crippen molar-refractivity contribution in [2.75, 3.05) is 11.1 Å². The lowest BCUT2D eigenvalue weighted by Crippen LogP contribution is -2.04. The van der Waals surface area contributed by atoms with Crippen LogP contribution in [-0.4, -0.2) is 20.2 Å². The van der Waals surface area contributed by atoms with E-state index in [-0.39, 0.29) is 5.82 Å². The summed E-state index contributed by atoms with van der Waals surface area (Å²) >= 11 is 0. The van der Waals surface area contributed by atoms with E-state index in [9.17, 15) is 4.39 Å². The zero-order chi connectivity index (χ0) is 17.2. The van der Waals surface area contributed by atoms with E-state index in [1.807, 2.05) is 18.2 Å². The first-order chi connectivity index (χ1) is 12.2. The normalized spacial score (nSPS) is 10.9. The standard InChI is InChI=1S/C18H15FN6/c19-15-4-2-1-3-12(15)8-21-18-22-9-13(10-23-18)11-5-6-14-16(7-11)24-25-17(14)20/h1-7,9-10H,8H2,(H3,20,24,25)(H,21,22,23). The molecule has 0 saturated carbocycles. The molecule has 124 valence electrons. The summed E-state index contributed by atoms with van der Waals surface area (Å²) in [6.45, 7) is 0.325. The van der Waals surface area contributed by atoms with Crippen molar-refractivity contribution in [1.29, 1.82) is 0 Å². The van der Waals surface area contributed by atoms with Gasteiger partial charge in [-0.2, -0.15) is 5.10 Å². The number of aromatic amines is 1. The molecule has 0 amide bonds. The number of nitrogens with zero attached hydrogens (tertiary/aromatic N) is 3. The highest BCUT2D eigenvalue weighted by atomic mass is 19.1. The van der Waals surface area contributed by atoms with Crippen LogP contribution in [0, 0.1) is 5.82 Å². The monoisotopic (exact) mass is 334 g/mol. The van der Waals surface area contributed by atoms with E-state index in [1.165, 1.54) is 6.07 Å². The van der Waals surface area contributed by atoms with Crippen LogP contribution >= 0.6 is 0 Å². The number of nitrogens with two attached hydrogens (primary N) is 1. The Labute approximate surface area is 142 Å². The average molecular weight is 334 g/mol. The van der Waals surface area contributed by atoms with Crippen LogP contribution in [0.25, 0.3) is 22.0 Å². The molecule has 0 aliphatic rings. The van der Waals surface area contributed by atoms with Gasteiger partial charge >= 0.3 is 0 Å². The van der Waals surface area contributed by atoms with E-state index in [0.717, 1.165) is 22.0 Å². The van der Waals surface area contributed by atoms with Gasteiger partial charge in [0.25, 0.3) is 0 Å². The van der Waals surface area contributed by atoms with Gasteiger partial charge in [0.05, 0.1) is 5.52 Å². The van der Waals surface area contributed by atoms with Gasteiger partial charge in [0.15, 0.2) is 5.82 Å². The number of H-pyrrole nitrogens is 1. The van der Waals surface area contributed by atoms with Gasteiger partial charge in [0, 0.05) is 35.5 Å². The van der Waals surface area contributed by atoms with Crippen LogP contribution in [0.2, 0.25) is 0 Å². The summed E-state index contributed by atoms with van der Waals surface area (Å²) in [6, 6.07) is 12.4. The van der Waals surface area contributed by atoms with Crippen LogP contribution in [0.15, 0.2) is 54.9 Å². The SMILES string of the molecule is Nc1n[nH]c2cc(-c3cnc(NCc4ccccc4F)nc3)ccc12. The highest BCUT2D eigenvalue weighted by Gasteiger charge is 2.06. The van der Waals surface area contributed by atoms with E-state index >= 15 is 0 Å². The van der Waals surface area contributed by atoms with Crippen LogP contribution in [0.1, 0.15) is 5.56 Å². The Hall–Kier alpha value is -3.48. The molecule has 25 heavy (non-hydrogen) atoms. The average Bonchev–Trinajstić information content (AvgIpc) is 3.02. The van der Waals surface area contributed by atoms with Crippen LogP contribution < -0.4 is 11.1 Å². The molecular formula is C18H15FN6. The Morgan fingerprint density at radius 2 is 1.84 bits per heavy atom. The summed E-state index contributed by atoms with van der Waals surface area (Å²) in [7, 11) is 0. The minimum Gasteiger partial charge on any atom is -0.382 e. The van der Waals surface area contributed by atoms with Crippen LogP contribution in [0.4, 0.5) is 16.2 Å². The van der Waals surface area contributed by atoms with Crippen molar-refractivity contribution >= 4 is 22.7 Å². The zero-order valence-corrected chi connectivity index (χ0v) is 13.2. The molecule has 0 atom stereocenters. The number of hydrogen-bond donors (Lipinski definition) is 3. The summed E-state index contributed by atoms with van der Waals surface area (Å²) < 4.78 is 13.6. The first kappa shape index (κ1) is 15.1. The first-order valence-electron chi connectivity index (χ1n) is 7.74. The van der Waals surface area contributed by atoms with Crippen LogP contribution in [-0.2, 0) is 6.54 Å². The number of nitrogens with one attached hydrogen (secondary N) is 2. The summed E-state index contributed by atoms with van der Waals surface area (Å²) in [4.78, 5) is 8.58. The summed E-state index contributed by atoms with van der Waals surface area (Å²) in [5.41, 5.74) is 9.02. The number of fused-ring (bicyclic) bond motifs is 1. The molecule has 4 aromatic rings. The van der Waals surface area contributed by atoms with Gasteiger partial charge in [-0.15, -0.1) is 0 Å². The molecule has 0 bridgehead atoms. The molecule has 2 aromatic heterocycles. The van der Waals surface area contributed by atoms with E-state index in [2.05, 4.69) is 25.5 Å². The Balaban J connectivity index is 1.52. The molecule has 0 aliphatic carbocycles. The van der Waals surface area contributed by atoms with Crippen molar-refractivity contribution in [3.05, 3.63) is 66.2 Å². The number of halogens is 1.